The van der Waals surface area contributed by atoms with Crippen molar-refractivity contribution in [2.24, 2.45) is 0 Å². The average Bonchev–Trinajstić information content (AvgIpc) is 3.59. The quantitative estimate of drug-likeness (QED) is 0.403. The lowest BCUT2D eigenvalue weighted by Crippen LogP contribution is -2.18. The molecule has 6 heterocycles. The fourth-order valence-electron chi connectivity index (χ4n) is 4.20. The molecule has 0 amide bonds. The molecule has 0 bridgehead atoms. The third-order valence-electron chi connectivity index (χ3n) is 5.75. The number of hydrogen-bond donors (Lipinski definition) is 2. The van der Waals surface area contributed by atoms with Crippen LogP contribution in [0.1, 0.15) is 18.4 Å². The van der Waals surface area contributed by atoms with Gasteiger partial charge in [-0.05, 0) is 61.8 Å². The molecule has 0 aliphatic carbocycles. The van der Waals surface area contributed by atoms with Crippen molar-refractivity contribution in [3.8, 4) is 33.2 Å². The fraction of sp³-hybridized carbons (Fsp3) is 0.217. The minimum atomic E-state index is -0.224. The molecule has 32 heavy (non-hydrogen) atoms. The van der Waals surface area contributed by atoms with E-state index in [1.54, 1.807) is 12.3 Å². The summed E-state index contributed by atoms with van der Waals surface area (Å²) in [6.45, 7) is 3.22. The molecular formula is C23H20FN7S. The third-order valence-corrected chi connectivity index (χ3v) is 6.66. The summed E-state index contributed by atoms with van der Waals surface area (Å²) in [5.74, 6) is 0.612. The molecule has 0 aromatic carbocycles. The van der Waals surface area contributed by atoms with Crippen LogP contribution in [-0.4, -0.2) is 48.1 Å². The number of aromatic nitrogens is 6. The molecule has 0 saturated carbocycles. The number of thiophene rings is 1. The minimum absolute atomic E-state index is 0.224. The van der Waals surface area contributed by atoms with Gasteiger partial charge in [-0.3, -0.25) is 15.0 Å². The molecule has 6 rings (SSSR count). The zero-order valence-electron chi connectivity index (χ0n) is 17.2. The summed E-state index contributed by atoms with van der Waals surface area (Å²) in [7, 11) is 0. The van der Waals surface area contributed by atoms with E-state index in [0.29, 0.717) is 22.7 Å². The van der Waals surface area contributed by atoms with Crippen LogP contribution in [0.3, 0.4) is 0 Å². The van der Waals surface area contributed by atoms with E-state index in [2.05, 4.69) is 36.1 Å². The molecule has 7 nitrogen and oxygen atoms in total. The maximum atomic E-state index is 13.5. The van der Waals surface area contributed by atoms with Gasteiger partial charge in [0.2, 0.25) is 0 Å². The number of fused-ring (bicyclic) bond motifs is 1. The number of nitrogens with zero attached hydrogens (tertiary/aromatic N) is 5. The Balaban J connectivity index is 1.31. The van der Waals surface area contributed by atoms with Gasteiger partial charge < -0.3 is 4.98 Å². The van der Waals surface area contributed by atoms with Crippen molar-refractivity contribution in [3.05, 3.63) is 59.6 Å². The van der Waals surface area contributed by atoms with Crippen LogP contribution in [0.5, 0.6) is 0 Å². The topological polar surface area (TPSA) is 86.4 Å². The number of H-pyrrole nitrogens is 2. The molecule has 1 aliphatic heterocycles. The summed E-state index contributed by atoms with van der Waals surface area (Å²) in [4.78, 5) is 20.0. The highest BCUT2D eigenvalue weighted by Gasteiger charge is 2.16. The number of likely N-dealkylation sites (tertiary alicyclic amines) is 1. The Bertz CT molecular complexity index is 1400. The first-order chi connectivity index (χ1) is 15.7. The van der Waals surface area contributed by atoms with Gasteiger partial charge >= 0.3 is 0 Å². The summed E-state index contributed by atoms with van der Waals surface area (Å²) in [6.07, 6.45) is 8.01. The minimum Gasteiger partial charge on any atom is -0.321 e. The van der Waals surface area contributed by atoms with Gasteiger partial charge in [-0.2, -0.15) is 9.49 Å². The monoisotopic (exact) mass is 445 g/mol. The summed E-state index contributed by atoms with van der Waals surface area (Å²) in [5.41, 5.74) is 5.94. The summed E-state index contributed by atoms with van der Waals surface area (Å²) in [6, 6.07) is 9.19. The van der Waals surface area contributed by atoms with Crippen molar-refractivity contribution in [1.82, 2.24) is 35.0 Å². The Morgan fingerprint density at radius 1 is 1.09 bits per heavy atom. The van der Waals surface area contributed by atoms with E-state index in [1.165, 1.54) is 24.5 Å². The van der Waals surface area contributed by atoms with Crippen LogP contribution < -0.4 is 0 Å². The Labute approximate surface area is 187 Å². The van der Waals surface area contributed by atoms with Gasteiger partial charge in [-0.25, -0.2) is 9.97 Å². The third kappa shape index (κ3) is 3.59. The predicted octanol–water partition coefficient (Wildman–Crippen LogP) is 4.87. The maximum absolute atomic E-state index is 13.5. The molecule has 1 fully saturated rings. The zero-order valence-corrected chi connectivity index (χ0v) is 18.0. The second-order valence-corrected chi connectivity index (χ2v) is 9.01. The van der Waals surface area contributed by atoms with E-state index >= 15 is 0 Å². The predicted molar refractivity (Wildman–Crippen MR) is 122 cm³/mol. The SMILES string of the molecule is Fc1ccc(-c2ccnc3[nH]c(-c4cc(-c5cncc(CN6CCCC6)c5)[nH]n4)nc23)s1. The standard InChI is InChI=1S/C23H20FN7S/c24-20-4-3-19(32-20)16-5-6-26-23-21(16)27-22(28-23)18-10-17(29-30-18)15-9-14(11-25-12-15)13-31-7-1-2-8-31/h3-6,9-12H,1-2,7-8,13H2,(H,29,30)(H,26,27,28). The molecule has 5 aromatic heterocycles. The Morgan fingerprint density at radius 2 is 2.00 bits per heavy atom. The molecule has 5 aromatic rings. The highest BCUT2D eigenvalue weighted by Crippen LogP contribution is 2.33. The van der Waals surface area contributed by atoms with Crippen molar-refractivity contribution in [2.45, 2.75) is 19.4 Å². The van der Waals surface area contributed by atoms with Crippen LogP contribution in [0.15, 0.2) is 48.9 Å². The van der Waals surface area contributed by atoms with Crippen molar-refractivity contribution in [3.63, 3.8) is 0 Å². The highest BCUT2D eigenvalue weighted by atomic mass is 32.1. The number of aromatic amines is 2. The molecule has 160 valence electrons. The Hall–Kier alpha value is -3.43. The molecule has 0 unspecified atom stereocenters. The van der Waals surface area contributed by atoms with Crippen LogP contribution >= 0.6 is 11.3 Å². The van der Waals surface area contributed by atoms with Crippen molar-refractivity contribution in [2.75, 3.05) is 13.1 Å². The van der Waals surface area contributed by atoms with Crippen molar-refractivity contribution >= 4 is 22.5 Å². The Kier molecular flexibility index (Phi) is 4.77. The van der Waals surface area contributed by atoms with E-state index in [4.69, 9.17) is 4.98 Å². The molecule has 1 saturated heterocycles. The van der Waals surface area contributed by atoms with Crippen LogP contribution in [-0.2, 0) is 6.54 Å². The van der Waals surface area contributed by atoms with Crippen LogP contribution in [0.25, 0.3) is 44.4 Å². The van der Waals surface area contributed by atoms with Crippen LogP contribution in [0, 0.1) is 5.13 Å². The van der Waals surface area contributed by atoms with Gasteiger partial charge in [0.25, 0.3) is 0 Å². The normalized spacial score (nSPS) is 14.5. The van der Waals surface area contributed by atoms with Crippen molar-refractivity contribution < 1.29 is 4.39 Å². The average molecular weight is 446 g/mol. The first-order valence-corrected chi connectivity index (χ1v) is 11.4. The zero-order chi connectivity index (χ0) is 21.5. The van der Waals surface area contributed by atoms with E-state index in [9.17, 15) is 4.39 Å². The number of pyridine rings is 2. The summed E-state index contributed by atoms with van der Waals surface area (Å²) < 4.78 is 13.5. The van der Waals surface area contributed by atoms with Crippen LogP contribution in [0.2, 0.25) is 0 Å². The van der Waals surface area contributed by atoms with E-state index in [1.807, 2.05) is 24.5 Å². The highest BCUT2D eigenvalue weighted by molar-refractivity contribution is 7.14. The van der Waals surface area contributed by atoms with E-state index in [-0.39, 0.29) is 5.13 Å². The number of imidazole rings is 1. The van der Waals surface area contributed by atoms with Gasteiger partial charge in [0.1, 0.15) is 11.2 Å². The smallest absolute Gasteiger partial charge is 0.176 e. The van der Waals surface area contributed by atoms with Crippen LogP contribution in [0.4, 0.5) is 4.39 Å². The van der Waals surface area contributed by atoms with Crippen molar-refractivity contribution in [1.29, 1.82) is 0 Å². The number of hydrogen-bond acceptors (Lipinski definition) is 6. The lowest BCUT2D eigenvalue weighted by atomic mass is 10.1. The first kappa shape index (κ1) is 19.3. The van der Waals surface area contributed by atoms with Gasteiger partial charge in [0, 0.05) is 41.1 Å². The number of nitrogens with one attached hydrogen (secondary N) is 2. The first-order valence-electron chi connectivity index (χ1n) is 10.6. The maximum Gasteiger partial charge on any atom is 0.176 e. The summed E-state index contributed by atoms with van der Waals surface area (Å²) in [5, 5.41) is 7.34. The van der Waals surface area contributed by atoms with Gasteiger partial charge in [0.05, 0.1) is 5.69 Å². The molecule has 0 radical (unpaired) electrons. The largest absolute Gasteiger partial charge is 0.321 e. The van der Waals surface area contributed by atoms with E-state index < -0.39 is 0 Å². The fourth-order valence-corrected chi connectivity index (χ4v) is 4.96. The molecule has 0 spiro atoms. The van der Waals surface area contributed by atoms with Gasteiger partial charge in [-0.15, -0.1) is 11.3 Å². The molecule has 9 heteroatoms. The molecular weight excluding hydrogens is 425 g/mol. The van der Waals surface area contributed by atoms with Gasteiger partial charge in [0.15, 0.2) is 16.6 Å². The van der Waals surface area contributed by atoms with Gasteiger partial charge in [-0.1, -0.05) is 0 Å². The second kappa shape index (κ2) is 7.92. The Morgan fingerprint density at radius 3 is 2.84 bits per heavy atom. The summed E-state index contributed by atoms with van der Waals surface area (Å²) >= 11 is 1.09. The molecule has 2 N–H and O–H groups in total. The lowest BCUT2D eigenvalue weighted by Gasteiger charge is -2.14. The number of halogens is 1. The molecule has 1 aliphatic rings. The number of rotatable bonds is 5. The lowest BCUT2D eigenvalue weighted by molar-refractivity contribution is 0.331. The van der Waals surface area contributed by atoms with E-state index in [0.717, 1.165) is 52.7 Å². The molecule has 0 atom stereocenters. The second-order valence-electron chi connectivity index (χ2n) is 7.98.